The summed E-state index contributed by atoms with van der Waals surface area (Å²) in [7, 11) is 0. The van der Waals surface area contributed by atoms with Gasteiger partial charge in [0.2, 0.25) is 5.91 Å². The Bertz CT molecular complexity index is 413. The Morgan fingerprint density at radius 2 is 2.06 bits per heavy atom. The van der Waals surface area contributed by atoms with Crippen LogP contribution >= 0.6 is 0 Å². The Hall–Kier alpha value is -1.42. The monoisotopic (exact) mass is 252 g/mol. The SMILES string of the molecule is CC(NCc1cccc(F)c1)C(=O)NC(C)(C)C. The summed E-state index contributed by atoms with van der Waals surface area (Å²) >= 11 is 0. The molecule has 4 heteroatoms. The van der Waals surface area contributed by atoms with E-state index in [9.17, 15) is 9.18 Å². The first-order valence-corrected chi connectivity index (χ1v) is 6.08. The Labute approximate surface area is 108 Å². The van der Waals surface area contributed by atoms with Crippen molar-refractivity contribution in [2.24, 2.45) is 0 Å². The van der Waals surface area contributed by atoms with Gasteiger partial charge >= 0.3 is 0 Å². The molecule has 0 aliphatic carbocycles. The highest BCUT2D eigenvalue weighted by Gasteiger charge is 2.18. The molecule has 0 radical (unpaired) electrons. The fraction of sp³-hybridized carbons (Fsp3) is 0.500. The zero-order valence-corrected chi connectivity index (χ0v) is 11.4. The van der Waals surface area contributed by atoms with Crippen molar-refractivity contribution in [1.29, 1.82) is 0 Å². The number of amides is 1. The van der Waals surface area contributed by atoms with E-state index in [2.05, 4.69) is 10.6 Å². The van der Waals surface area contributed by atoms with E-state index in [1.807, 2.05) is 26.8 Å². The van der Waals surface area contributed by atoms with Crippen molar-refractivity contribution in [2.75, 3.05) is 0 Å². The second kappa shape index (κ2) is 5.96. The maximum atomic E-state index is 13.0. The number of rotatable bonds is 4. The maximum Gasteiger partial charge on any atom is 0.237 e. The van der Waals surface area contributed by atoms with Gasteiger partial charge in [-0.15, -0.1) is 0 Å². The molecule has 0 aliphatic rings. The Morgan fingerprint density at radius 1 is 1.39 bits per heavy atom. The van der Waals surface area contributed by atoms with Gasteiger partial charge in [-0.3, -0.25) is 4.79 Å². The molecular formula is C14H21FN2O. The van der Waals surface area contributed by atoms with Gasteiger partial charge in [0, 0.05) is 12.1 Å². The molecule has 1 unspecified atom stereocenters. The summed E-state index contributed by atoms with van der Waals surface area (Å²) in [5, 5.41) is 5.96. The first-order chi connectivity index (χ1) is 8.28. The van der Waals surface area contributed by atoms with Crippen LogP contribution in [0.4, 0.5) is 4.39 Å². The Balaban J connectivity index is 2.46. The first kappa shape index (κ1) is 14.6. The van der Waals surface area contributed by atoms with Crippen molar-refractivity contribution in [1.82, 2.24) is 10.6 Å². The van der Waals surface area contributed by atoms with E-state index < -0.39 is 0 Å². The Kier molecular flexibility index (Phi) is 4.84. The number of hydrogen-bond donors (Lipinski definition) is 2. The summed E-state index contributed by atoms with van der Waals surface area (Å²) in [6.45, 7) is 8.06. The highest BCUT2D eigenvalue weighted by atomic mass is 19.1. The molecule has 0 aromatic heterocycles. The molecule has 1 rings (SSSR count). The minimum atomic E-state index is -0.313. The lowest BCUT2D eigenvalue weighted by Crippen LogP contribution is -2.49. The lowest BCUT2D eigenvalue weighted by molar-refractivity contribution is -0.124. The lowest BCUT2D eigenvalue weighted by Gasteiger charge is -2.23. The standard InChI is InChI=1S/C14H21FN2O/c1-10(13(18)17-14(2,3)4)16-9-11-6-5-7-12(15)8-11/h5-8,10,16H,9H2,1-4H3,(H,17,18). The molecule has 0 saturated heterocycles. The van der Waals surface area contributed by atoms with Gasteiger partial charge in [0.1, 0.15) is 5.82 Å². The summed E-state index contributed by atoms with van der Waals surface area (Å²) in [6, 6.07) is 6.03. The van der Waals surface area contributed by atoms with E-state index in [0.717, 1.165) is 5.56 Å². The normalized spacial score (nSPS) is 13.2. The second-order valence-electron chi connectivity index (χ2n) is 5.47. The van der Waals surface area contributed by atoms with E-state index in [-0.39, 0.29) is 23.3 Å². The van der Waals surface area contributed by atoms with Crippen LogP contribution in [0.15, 0.2) is 24.3 Å². The molecule has 100 valence electrons. The van der Waals surface area contributed by atoms with Crippen LogP contribution in [0.1, 0.15) is 33.3 Å². The van der Waals surface area contributed by atoms with E-state index in [1.165, 1.54) is 12.1 Å². The highest BCUT2D eigenvalue weighted by molar-refractivity contribution is 5.81. The van der Waals surface area contributed by atoms with Crippen molar-refractivity contribution in [3.63, 3.8) is 0 Å². The molecule has 3 nitrogen and oxygen atoms in total. The van der Waals surface area contributed by atoms with E-state index in [1.54, 1.807) is 13.0 Å². The van der Waals surface area contributed by atoms with Crippen LogP contribution in [0.25, 0.3) is 0 Å². The van der Waals surface area contributed by atoms with Crippen LogP contribution < -0.4 is 10.6 Å². The maximum absolute atomic E-state index is 13.0. The van der Waals surface area contributed by atoms with Crippen LogP contribution in [0, 0.1) is 5.82 Å². The van der Waals surface area contributed by atoms with Gasteiger partial charge in [0.15, 0.2) is 0 Å². The van der Waals surface area contributed by atoms with Crippen LogP contribution in [0.3, 0.4) is 0 Å². The molecule has 1 atom stereocenters. The fourth-order valence-electron chi connectivity index (χ4n) is 1.49. The molecule has 0 fully saturated rings. The summed E-state index contributed by atoms with van der Waals surface area (Å²) < 4.78 is 13.0. The predicted octanol–water partition coefficient (Wildman–Crippen LogP) is 2.22. The van der Waals surface area contributed by atoms with Crippen molar-refractivity contribution in [2.45, 2.75) is 45.8 Å². The zero-order valence-electron chi connectivity index (χ0n) is 11.4. The van der Waals surface area contributed by atoms with Gasteiger partial charge in [-0.2, -0.15) is 0 Å². The molecule has 0 aliphatic heterocycles. The summed E-state index contributed by atoms with van der Waals surface area (Å²) in [4.78, 5) is 11.8. The molecular weight excluding hydrogens is 231 g/mol. The second-order valence-corrected chi connectivity index (χ2v) is 5.47. The number of carbonyl (C=O) groups is 1. The molecule has 0 bridgehead atoms. The summed E-state index contributed by atoms with van der Waals surface area (Å²) in [5.74, 6) is -0.319. The third kappa shape index (κ3) is 5.27. The van der Waals surface area contributed by atoms with Crippen LogP contribution in [-0.4, -0.2) is 17.5 Å². The van der Waals surface area contributed by atoms with E-state index in [4.69, 9.17) is 0 Å². The van der Waals surface area contributed by atoms with Crippen molar-refractivity contribution >= 4 is 5.91 Å². The molecule has 0 saturated carbocycles. The topological polar surface area (TPSA) is 41.1 Å². The third-order valence-corrected chi connectivity index (χ3v) is 2.39. The third-order valence-electron chi connectivity index (χ3n) is 2.39. The smallest absolute Gasteiger partial charge is 0.237 e. The summed E-state index contributed by atoms with van der Waals surface area (Å²) in [6.07, 6.45) is 0. The quantitative estimate of drug-likeness (QED) is 0.862. The number of hydrogen-bond acceptors (Lipinski definition) is 2. The van der Waals surface area contributed by atoms with Gasteiger partial charge < -0.3 is 10.6 Å². The van der Waals surface area contributed by atoms with Crippen LogP contribution in [-0.2, 0) is 11.3 Å². The summed E-state index contributed by atoms with van der Waals surface area (Å²) in [5.41, 5.74) is 0.580. The van der Waals surface area contributed by atoms with Crippen molar-refractivity contribution < 1.29 is 9.18 Å². The predicted molar refractivity (Wildman–Crippen MR) is 70.6 cm³/mol. The van der Waals surface area contributed by atoms with Crippen molar-refractivity contribution in [3.05, 3.63) is 35.6 Å². The lowest BCUT2D eigenvalue weighted by atomic mass is 10.1. The van der Waals surface area contributed by atoms with Gasteiger partial charge in [-0.1, -0.05) is 12.1 Å². The molecule has 0 heterocycles. The van der Waals surface area contributed by atoms with Crippen LogP contribution in [0.2, 0.25) is 0 Å². The number of halogens is 1. The average Bonchev–Trinajstić information content (AvgIpc) is 2.23. The minimum Gasteiger partial charge on any atom is -0.350 e. The first-order valence-electron chi connectivity index (χ1n) is 6.08. The Morgan fingerprint density at radius 3 is 2.61 bits per heavy atom. The molecule has 0 spiro atoms. The van der Waals surface area contributed by atoms with Gasteiger partial charge in [-0.25, -0.2) is 4.39 Å². The van der Waals surface area contributed by atoms with Gasteiger partial charge in [0.05, 0.1) is 6.04 Å². The number of benzene rings is 1. The van der Waals surface area contributed by atoms with Crippen molar-refractivity contribution in [3.8, 4) is 0 Å². The van der Waals surface area contributed by atoms with E-state index >= 15 is 0 Å². The minimum absolute atomic E-state index is 0.0566. The highest BCUT2D eigenvalue weighted by Crippen LogP contribution is 2.04. The number of nitrogens with one attached hydrogen (secondary N) is 2. The molecule has 1 amide bonds. The van der Waals surface area contributed by atoms with E-state index in [0.29, 0.717) is 6.54 Å². The molecule has 18 heavy (non-hydrogen) atoms. The van der Waals surface area contributed by atoms with Crippen LogP contribution in [0.5, 0.6) is 0 Å². The zero-order chi connectivity index (χ0) is 13.8. The average molecular weight is 252 g/mol. The molecule has 1 aromatic carbocycles. The largest absolute Gasteiger partial charge is 0.350 e. The number of carbonyl (C=O) groups excluding carboxylic acids is 1. The molecule has 1 aromatic rings. The fourth-order valence-corrected chi connectivity index (χ4v) is 1.49. The molecule has 2 N–H and O–H groups in total. The van der Waals surface area contributed by atoms with Gasteiger partial charge in [-0.05, 0) is 45.4 Å². The van der Waals surface area contributed by atoms with Gasteiger partial charge in [0.25, 0.3) is 0 Å².